The molecule has 0 aliphatic carbocycles. The van der Waals surface area contributed by atoms with Crippen molar-refractivity contribution in [2.24, 2.45) is 5.92 Å². The molecule has 0 spiro atoms. The molecule has 98 valence electrons. The Morgan fingerprint density at radius 1 is 1.47 bits per heavy atom. The van der Waals surface area contributed by atoms with Crippen LogP contribution in [0.3, 0.4) is 0 Å². The molecule has 0 amide bonds. The zero-order valence-corrected chi connectivity index (χ0v) is 12.4. The Hall–Kier alpha value is -0.390. The van der Waals surface area contributed by atoms with Crippen molar-refractivity contribution in [3.05, 3.63) is 16.4 Å². The smallest absolute Gasteiger partial charge is 0.123 e. The maximum atomic E-state index is 10.4. The van der Waals surface area contributed by atoms with Crippen molar-refractivity contribution in [1.29, 1.82) is 0 Å². The van der Waals surface area contributed by atoms with Gasteiger partial charge in [0.1, 0.15) is 6.10 Å². The molecule has 1 aromatic rings. The van der Waals surface area contributed by atoms with Crippen molar-refractivity contribution in [2.45, 2.75) is 46.4 Å². The lowest BCUT2D eigenvalue weighted by atomic mass is 9.99. The highest BCUT2D eigenvalue weighted by Crippen LogP contribution is 2.30. The van der Waals surface area contributed by atoms with Gasteiger partial charge in [-0.2, -0.15) is 5.10 Å². The second kappa shape index (κ2) is 6.52. The molecule has 1 heterocycles. The van der Waals surface area contributed by atoms with Gasteiger partial charge in [-0.05, 0) is 35.7 Å². The van der Waals surface area contributed by atoms with Crippen LogP contribution in [0.25, 0.3) is 0 Å². The van der Waals surface area contributed by atoms with Gasteiger partial charge in [-0.3, -0.25) is 4.68 Å². The summed E-state index contributed by atoms with van der Waals surface area (Å²) in [7, 11) is 0. The van der Waals surface area contributed by atoms with Crippen LogP contribution < -0.4 is 0 Å². The topological polar surface area (TPSA) is 47.3 Å². The molecule has 0 bridgehead atoms. The van der Waals surface area contributed by atoms with E-state index in [-0.39, 0.29) is 12.0 Å². The van der Waals surface area contributed by atoms with Gasteiger partial charge >= 0.3 is 0 Å². The highest BCUT2D eigenvalue weighted by molar-refractivity contribution is 9.10. The van der Waals surface area contributed by atoms with E-state index < -0.39 is 6.10 Å². The summed E-state index contributed by atoms with van der Waals surface area (Å²) in [6, 6.07) is 0. The van der Waals surface area contributed by atoms with Gasteiger partial charge < -0.3 is 9.84 Å². The summed E-state index contributed by atoms with van der Waals surface area (Å²) in [4.78, 5) is 0. The molecule has 2 unspecified atom stereocenters. The predicted octanol–water partition coefficient (Wildman–Crippen LogP) is 2.76. The van der Waals surface area contributed by atoms with Gasteiger partial charge in [0.2, 0.25) is 0 Å². The minimum absolute atomic E-state index is 0.210. The van der Waals surface area contributed by atoms with Crippen molar-refractivity contribution in [2.75, 3.05) is 6.61 Å². The minimum Gasteiger partial charge on any atom is -0.384 e. The van der Waals surface area contributed by atoms with E-state index in [1.165, 1.54) is 0 Å². The second-order valence-corrected chi connectivity index (χ2v) is 5.16. The highest BCUT2D eigenvalue weighted by Gasteiger charge is 2.29. The summed E-state index contributed by atoms with van der Waals surface area (Å²) in [5, 5.41) is 14.7. The molecule has 0 saturated carbocycles. The van der Waals surface area contributed by atoms with Crippen LogP contribution in [-0.2, 0) is 11.3 Å². The molecule has 0 aliphatic heterocycles. The van der Waals surface area contributed by atoms with Crippen molar-refractivity contribution >= 4 is 15.9 Å². The van der Waals surface area contributed by atoms with Crippen LogP contribution in [0.1, 0.15) is 39.5 Å². The van der Waals surface area contributed by atoms with Crippen LogP contribution in [0.15, 0.2) is 10.7 Å². The Kier molecular flexibility index (Phi) is 5.62. The van der Waals surface area contributed by atoms with Gasteiger partial charge in [0.25, 0.3) is 0 Å². The Balaban J connectivity index is 2.99. The first-order chi connectivity index (χ1) is 8.02. The molecule has 1 aromatic heterocycles. The van der Waals surface area contributed by atoms with Gasteiger partial charge in [0.15, 0.2) is 0 Å². The number of aryl methyl sites for hydroxylation is 1. The summed E-state index contributed by atoms with van der Waals surface area (Å²) in [5.41, 5.74) is 0.791. The highest BCUT2D eigenvalue weighted by atomic mass is 79.9. The monoisotopic (exact) mass is 304 g/mol. The van der Waals surface area contributed by atoms with E-state index >= 15 is 0 Å². The Bertz CT molecular complexity index is 352. The van der Waals surface area contributed by atoms with E-state index in [1.807, 2.05) is 27.7 Å². The average Bonchev–Trinajstić information content (AvgIpc) is 2.66. The lowest BCUT2D eigenvalue weighted by Crippen LogP contribution is -2.29. The molecule has 0 aliphatic rings. The van der Waals surface area contributed by atoms with Crippen LogP contribution in [0.5, 0.6) is 0 Å². The molecule has 2 atom stereocenters. The fraction of sp³-hybridized carbons (Fsp3) is 0.750. The van der Waals surface area contributed by atoms with Crippen LogP contribution in [0.4, 0.5) is 0 Å². The summed E-state index contributed by atoms with van der Waals surface area (Å²) < 4.78 is 8.26. The zero-order valence-electron chi connectivity index (χ0n) is 10.9. The molecule has 1 rings (SSSR count). The van der Waals surface area contributed by atoms with Gasteiger partial charge in [0.05, 0.1) is 22.5 Å². The number of aromatic nitrogens is 2. The maximum absolute atomic E-state index is 10.4. The van der Waals surface area contributed by atoms with Crippen LogP contribution in [0.2, 0.25) is 0 Å². The Morgan fingerprint density at radius 3 is 2.59 bits per heavy atom. The molecule has 0 fully saturated rings. The number of aliphatic hydroxyl groups is 1. The summed E-state index contributed by atoms with van der Waals surface area (Å²) in [5.74, 6) is 0.247. The van der Waals surface area contributed by atoms with E-state index in [9.17, 15) is 5.11 Å². The number of hydrogen-bond acceptors (Lipinski definition) is 3. The lowest BCUT2D eigenvalue weighted by Gasteiger charge is -2.27. The maximum Gasteiger partial charge on any atom is 0.123 e. The van der Waals surface area contributed by atoms with Crippen LogP contribution >= 0.6 is 15.9 Å². The number of aliphatic hydroxyl groups excluding tert-OH is 1. The third-order valence-corrected chi connectivity index (χ3v) is 3.35. The first-order valence-corrected chi connectivity index (χ1v) is 6.83. The number of halogens is 1. The largest absolute Gasteiger partial charge is 0.384 e. The molecule has 5 heteroatoms. The van der Waals surface area contributed by atoms with Crippen molar-refractivity contribution in [3.8, 4) is 0 Å². The van der Waals surface area contributed by atoms with E-state index in [4.69, 9.17) is 4.74 Å². The fourth-order valence-electron chi connectivity index (χ4n) is 1.91. The standard InChI is InChI=1S/C12H21BrN2O2/c1-5-15-10(9(13)7-14-15)11(16)12(8(3)4)17-6-2/h7-8,11-12,16H,5-6H2,1-4H3. The molecule has 0 aromatic carbocycles. The number of rotatable bonds is 6. The normalized spacial score (nSPS) is 15.2. The molecular weight excluding hydrogens is 284 g/mol. The van der Waals surface area contributed by atoms with E-state index in [2.05, 4.69) is 21.0 Å². The summed E-state index contributed by atoms with van der Waals surface area (Å²) in [6.07, 6.45) is 0.843. The van der Waals surface area contributed by atoms with Crippen LogP contribution in [-0.4, -0.2) is 27.6 Å². The van der Waals surface area contributed by atoms with E-state index in [0.717, 1.165) is 16.7 Å². The number of ether oxygens (including phenoxy) is 1. The minimum atomic E-state index is -0.660. The summed E-state index contributed by atoms with van der Waals surface area (Å²) >= 11 is 3.43. The van der Waals surface area contributed by atoms with Crippen molar-refractivity contribution in [1.82, 2.24) is 9.78 Å². The van der Waals surface area contributed by atoms with Crippen molar-refractivity contribution < 1.29 is 9.84 Å². The predicted molar refractivity (Wildman–Crippen MR) is 70.8 cm³/mol. The average molecular weight is 305 g/mol. The van der Waals surface area contributed by atoms with Gasteiger partial charge in [-0.1, -0.05) is 13.8 Å². The molecule has 0 radical (unpaired) electrons. The third-order valence-electron chi connectivity index (χ3n) is 2.74. The third kappa shape index (κ3) is 3.30. The number of hydrogen-bond donors (Lipinski definition) is 1. The molecule has 1 N–H and O–H groups in total. The number of nitrogens with zero attached hydrogens (tertiary/aromatic N) is 2. The van der Waals surface area contributed by atoms with Gasteiger partial charge in [-0.15, -0.1) is 0 Å². The van der Waals surface area contributed by atoms with Gasteiger partial charge in [0, 0.05) is 13.2 Å². The first-order valence-electron chi connectivity index (χ1n) is 6.03. The first kappa shape index (κ1) is 14.7. The second-order valence-electron chi connectivity index (χ2n) is 4.30. The molecule has 0 saturated heterocycles. The molecule has 4 nitrogen and oxygen atoms in total. The fourth-order valence-corrected chi connectivity index (χ4v) is 2.44. The van der Waals surface area contributed by atoms with Gasteiger partial charge in [-0.25, -0.2) is 0 Å². The van der Waals surface area contributed by atoms with E-state index in [0.29, 0.717) is 6.61 Å². The zero-order chi connectivity index (χ0) is 13.0. The quantitative estimate of drug-likeness (QED) is 0.879. The molecular formula is C12H21BrN2O2. The molecule has 17 heavy (non-hydrogen) atoms. The van der Waals surface area contributed by atoms with E-state index in [1.54, 1.807) is 10.9 Å². The van der Waals surface area contributed by atoms with Crippen molar-refractivity contribution in [3.63, 3.8) is 0 Å². The SMILES string of the molecule is CCOC(C(C)C)C(O)c1c(Br)cnn1CC. The van der Waals surface area contributed by atoms with Crippen LogP contribution in [0, 0.1) is 5.92 Å². The summed E-state index contributed by atoms with van der Waals surface area (Å²) in [6.45, 7) is 9.36. The Labute approximate surface area is 111 Å². The lowest BCUT2D eigenvalue weighted by molar-refractivity contribution is -0.0619. The Morgan fingerprint density at radius 2 is 2.12 bits per heavy atom.